The molecule has 0 spiro atoms. The van der Waals surface area contributed by atoms with E-state index in [4.69, 9.17) is 11.6 Å². The molecule has 35 heavy (non-hydrogen) atoms. The number of nitrogens with zero attached hydrogens (tertiary/aromatic N) is 2. The second-order valence-corrected chi connectivity index (χ2v) is 11.5. The van der Waals surface area contributed by atoms with Crippen molar-refractivity contribution < 1.29 is 18.0 Å². The van der Waals surface area contributed by atoms with Crippen LogP contribution in [0.1, 0.15) is 50.2 Å². The Kier molecular flexibility index (Phi) is 9.19. The number of nitrogens with one attached hydrogen (secondary N) is 1. The predicted octanol–water partition coefficient (Wildman–Crippen LogP) is 4.28. The summed E-state index contributed by atoms with van der Waals surface area (Å²) in [6.45, 7) is 3.48. The lowest BCUT2D eigenvalue weighted by Gasteiger charge is -2.33. The summed E-state index contributed by atoms with van der Waals surface area (Å²) in [6, 6.07) is 13.5. The van der Waals surface area contributed by atoms with Gasteiger partial charge < -0.3 is 10.2 Å². The van der Waals surface area contributed by atoms with Gasteiger partial charge in [-0.3, -0.25) is 13.9 Å². The van der Waals surface area contributed by atoms with Crippen molar-refractivity contribution in [1.82, 2.24) is 10.2 Å². The van der Waals surface area contributed by atoms with E-state index >= 15 is 0 Å². The van der Waals surface area contributed by atoms with Gasteiger partial charge in [0.25, 0.3) is 0 Å². The molecule has 0 heterocycles. The fourth-order valence-electron chi connectivity index (χ4n) is 4.47. The number of carbonyl (C=O) groups is 2. The molecule has 3 rings (SSSR count). The van der Waals surface area contributed by atoms with Crippen molar-refractivity contribution in [1.29, 1.82) is 0 Å². The maximum atomic E-state index is 13.7. The molecule has 190 valence electrons. The van der Waals surface area contributed by atoms with Gasteiger partial charge >= 0.3 is 0 Å². The van der Waals surface area contributed by atoms with Crippen molar-refractivity contribution >= 4 is 39.1 Å². The standard InChI is InChI=1S/C26H34ClN3O4S/c1-4-24(26(32)28-22-9-5-6-10-22)29(17-20-12-14-21(27)15-13-20)25(31)18-30(35(3,33)34)23-11-7-8-19(2)16-23/h7-8,11-16,22,24H,4-6,9-10,17-18H2,1-3H3,(H,28,32)/t24-/m1/s1. The van der Waals surface area contributed by atoms with Crippen LogP contribution in [-0.2, 0) is 26.2 Å². The minimum Gasteiger partial charge on any atom is -0.352 e. The summed E-state index contributed by atoms with van der Waals surface area (Å²) < 4.78 is 26.4. The zero-order chi connectivity index (χ0) is 25.6. The molecule has 1 fully saturated rings. The Morgan fingerprint density at radius 3 is 2.34 bits per heavy atom. The van der Waals surface area contributed by atoms with Crippen LogP contribution in [0.4, 0.5) is 5.69 Å². The molecule has 9 heteroatoms. The van der Waals surface area contributed by atoms with Crippen LogP contribution in [-0.4, -0.2) is 50.0 Å². The zero-order valence-electron chi connectivity index (χ0n) is 20.5. The number of halogens is 1. The van der Waals surface area contributed by atoms with E-state index in [0.29, 0.717) is 17.1 Å². The number of amides is 2. The Labute approximate surface area is 213 Å². The van der Waals surface area contributed by atoms with E-state index in [-0.39, 0.29) is 18.5 Å². The van der Waals surface area contributed by atoms with Crippen LogP contribution >= 0.6 is 11.6 Å². The Morgan fingerprint density at radius 1 is 1.11 bits per heavy atom. The van der Waals surface area contributed by atoms with Gasteiger partial charge in [0.1, 0.15) is 12.6 Å². The molecule has 1 aliphatic rings. The molecule has 1 saturated carbocycles. The summed E-state index contributed by atoms with van der Waals surface area (Å²) in [5.41, 5.74) is 2.09. The summed E-state index contributed by atoms with van der Waals surface area (Å²) in [7, 11) is -3.75. The summed E-state index contributed by atoms with van der Waals surface area (Å²) in [6.07, 6.45) is 5.51. The van der Waals surface area contributed by atoms with E-state index in [1.54, 1.807) is 42.5 Å². The molecule has 0 aromatic heterocycles. The maximum Gasteiger partial charge on any atom is 0.244 e. The molecular formula is C26H34ClN3O4S. The molecule has 0 radical (unpaired) electrons. The Hall–Kier alpha value is -2.58. The van der Waals surface area contributed by atoms with Crippen molar-refractivity contribution in [3.63, 3.8) is 0 Å². The second-order valence-electron chi connectivity index (χ2n) is 9.17. The van der Waals surface area contributed by atoms with Gasteiger partial charge in [-0.05, 0) is 61.6 Å². The first-order valence-electron chi connectivity index (χ1n) is 12.0. The largest absolute Gasteiger partial charge is 0.352 e. The van der Waals surface area contributed by atoms with Gasteiger partial charge in [-0.2, -0.15) is 0 Å². The normalized spacial score (nSPS) is 15.0. The topological polar surface area (TPSA) is 86.8 Å². The lowest BCUT2D eigenvalue weighted by Crippen LogP contribution is -2.53. The van der Waals surface area contributed by atoms with Crippen molar-refractivity contribution in [3.05, 3.63) is 64.7 Å². The highest BCUT2D eigenvalue weighted by Crippen LogP contribution is 2.22. The average molecular weight is 520 g/mol. The zero-order valence-corrected chi connectivity index (χ0v) is 22.1. The second kappa shape index (κ2) is 11.9. The third-order valence-electron chi connectivity index (χ3n) is 6.32. The lowest BCUT2D eigenvalue weighted by molar-refractivity contribution is -0.140. The van der Waals surface area contributed by atoms with Crippen LogP contribution < -0.4 is 9.62 Å². The minimum atomic E-state index is -3.75. The van der Waals surface area contributed by atoms with Crippen molar-refractivity contribution in [2.45, 2.75) is 64.6 Å². The van der Waals surface area contributed by atoms with Gasteiger partial charge in [-0.1, -0.05) is 55.6 Å². The molecular weight excluding hydrogens is 486 g/mol. The van der Waals surface area contributed by atoms with Gasteiger partial charge in [0.2, 0.25) is 21.8 Å². The molecule has 2 aromatic rings. The predicted molar refractivity (Wildman–Crippen MR) is 140 cm³/mol. The van der Waals surface area contributed by atoms with Crippen molar-refractivity contribution in [3.8, 4) is 0 Å². The van der Waals surface area contributed by atoms with E-state index in [1.165, 1.54) is 4.90 Å². The van der Waals surface area contributed by atoms with E-state index in [2.05, 4.69) is 5.32 Å². The van der Waals surface area contributed by atoms with Crippen molar-refractivity contribution in [2.24, 2.45) is 0 Å². The fourth-order valence-corrected chi connectivity index (χ4v) is 5.44. The quantitative estimate of drug-likeness (QED) is 0.507. The number of sulfonamides is 1. The van der Waals surface area contributed by atoms with Crippen molar-refractivity contribution in [2.75, 3.05) is 17.1 Å². The lowest BCUT2D eigenvalue weighted by atomic mass is 10.1. The van der Waals surface area contributed by atoms with Gasteiger partial charge in [-0.15, -0.1) is 0 Å². The molecule has 1 aliphatic carbocycles. The third-order valence-corrected chi connectivity index (χ3v) is 7.72. The number of hydrogen-bond donors (Lipinski definition) is 1. The smallest absolute Gasteiger partial charge is 0.244 e. The highest BCUT2D eigenvalue weighted by atomic mass is 35.5. The highest BCUT2D eigenvalue weighted by molar-refractivity contribution is 7.92. The van der Waals surface area contributed by atoms with Gasteiger partial charge in [0.15, 0.2) is 0 Å². The fraction of sp³-hybridized carbons (Fsp3) is 0.462. The van der Waals surface area contributed by atoms with Crippen LogP contribution in [0.5, 0.6) is 0 Å². The molecule has 7 nitrogen and oxygen atoms in total. The molecule has 2 amide bonds. The number of hydrogen-bond acceptors (Lipinski definition) is 4. The number of benzene rings is 2. The first kappa shape index (κ1) is 27.0. The number of rotatable bonds is 10. The van der Waals surface area contributed by atoms with Crippen LogP contribution in [0, 0.1) is 6.92 Å². The van der Waals surface area contributed by atoms with Gasteiger partial charge in [-0.25, -0.2) is 8.42 Å². The molecule has 1 N–H and O–H groups in total. The minimum absolute atomic E-state index is 0.115. The maximum absolute atomic E-state index is 13.7. The molecule has 0 aliphatic heterocycles. The summed E-state index contributed by atoms with van der Waals surface area (Å²) in [5, 5.41) is 3.67. The molecule has 0 saturated heterocycles. The number of anilines is 1. The van der Waals surface area contributed by atoms with Crippen LogP contribution in [0.2, 0.25) is 5.02 Å². The Bertz CT molecular complexity index is 1130. The van der Waals surface area contributed by atoms with Gasteiger partial charge in [0, 0.05) is 17.6 Å². The number of carbonyl (C=O) groups excluding carboxylic acids is 2. The van der Waals surface area contributed by atoms with E-state index < -0.39 is 28.5 Å². The Morgan fingerprint density at radius 2 is 1.77 bits per heavy atom. The van der Waals surface area contributed by atoms with Crippen LogP contribution in [0.25, 0.3) is 0 Å². The van der Waals surface area contributed by atoms with Gasteiger partial charge in [0.05, 0.1) is 11.9 Å². The number of aryl methyl sites for hydroxylation is 1. The SMILES string of the molecule is CC[C@H](C(=O)NC1CCCC1)N(Cc1ccc(Cl)cc1)C(=O)CN(c1cccc(C)c1)S(C)(=O)=O. The van der Waals surface area contributed by atoms with E-state index in [0.717, 1.165) is 47.4 Å². The molecule has 2 aromatic carbocycles. The molecule has 0 bridgehead atoms. The third kappa shape index (κ3) is 7.45. The average Bonchev–Trinajstić information content (AvgIpc) is 3.30. The summed E-state index contributed by atoms with van der Waals surface area (Å²) in [4.78, 5) is 28.4. The monoisotopic (exact) mass is 519 g/mol. The van der Waals surface area contributed by atoms with E-state index in [1.807, 2.05) is 19.9 Å². The first-order valence-corrected chi connectivity index (χ1v) is 14.2. The highest BCUT2D eigenvalue weighted by Gasteiger charge is 2.33. The van der Waals surface area contributed by atoms with Crippen LogP contribution in [0.3, 0.4) is 0 Å². The Balaban J connectivity index is 1.91. The summed E-state index contributed by atoms with van der Waals surface area (Å²) >= 11 is 6.03. The first-order chi connectivity index (χ1) is 16.6. The molecule has 0 unspecified atom stereocenters. The summed E-state index contributed by atoms with van der Waals surface area (Å²) in [5.74, 6) is -0.650. The van der Waals surface area contributed by atoms with E-state index in [9.17, 15) is 18.0 Å². The molecule has 1 atom stereocenters. The van der Waals surface area contributed by atoms with Crippen LogP contribution in [0.15, 0.2) is 48.5 Å².